The molecule has 0 amide bonds. The molecule has 2 heterocycles. The van der Waals surface area contributed by atoms with E-state index in [1.807, 2.05) is 0 Å². The van der Waals surface area contributed by atoms with Crippen LogP contribution in [0.5, 0.6) is 5.75 Å². The quantitative estimate of drug-likeness (QED) is 0.820. The molecule has 0 aliphatic carbocycles. The van der Waals surface area contributed by atoms with E-state index in [1.165, 1.54) is 24.0 Å². The molecule has 1 saturated heterocycles. The zero-order valence-corrected chi connectivity index (χ0v) is 10.0. The lowest BCUT2D eigenvalue weighted by Gasteiger charge is -2.22. The Morgan fingerprint density at radius 2 is 2.29 bits per heavy atom. The lowest BCUT2D eigenvalue weighted by Crippen LogP contribution is -2.16. The Kier molecular flexibility index (Phi) is 3.04. The third-order valence-corrected chi connectivity index (χ3v) is 3.73. The topological polar surface area (TPSA) is 41.5 Å². The van der Waals surface area contributed by atoms with Crippen LogP contribution in [0, 0.1) is 0 Å². The van der Waals surface area contributed by atoms with Crippen LogP contribution in [-0.2, 0) is 13.0 Å². The SMILES string of the molecule is OCc1cc([C@@H]2CCCN2)cc2c1OCCC2. The van der Waals surface area contributed by atoms with E-state index in [0.717, 1.165) is 37.3 Å². The first-order valence-electron chi connectivity index (χ1n) is 6.51. The molecule has 1 fully saturated rings. The molecule has 3 nitrogen and oxygen atoms in total. The Hall–Kier alpha value is -1.06. The average molecular weight is 233 g/mol. The maximum atomic E-state index is 9.46. The minimum Gasteiger partial charge on any atom is -0.493 e. The molecule has 2 aliphatic rings. The summed E-state index contributed by atoms with van der Waals surface area (Å²) in [7, 11) is 0. The van der Waals surface area contributed by atoms with Crippen molar-refractivity contribution in [3.8, 4) is 5.75 Å². The fourth-order valence-electron chi connectivity index (χ4n) is 2.88. The van der Waals surface area contributed by atoms with E-state index in [4.69, 9.17) is 4.74 Å². The van der Waals surface area contributed by atoms with Crippen molar-refractivity contribution < 1.29 is 9.84 Å². The third-order valence-electron chi connectivity index (χ3n) is 3.73. The van der Waals surface area contributed by atoms with Crippen molar-refractivity contribution >= 4 is 0 Å². The van der Waals surface area contributed by atoms with Gasteiger partial charge in [-0.05, 0) is 49.4 Å². The number of ether oxygens (including phenoxy) is 1. The molecular weight excluding hydrogens is 214 g/mol. The van der Waals surface area contributed by atoms with Crippen LogP contribution >= 0.6 is 0 Å². The van der Waals surface area contributed by atoms with E-state index in [0.29, 0.717) is 6.04 Å². The van der Waals surface area contributed by atoms with Crippen molar-refractivity contribution in [3.05, 3.63) is 28.8 Å². The van der Waals surface area contributed by atoms with Crippen LogP contribution in [0.25, 0.3) is 0 Å². The fourth-order valence-corrected chi connectivity index (χ4v) is 2.88. The Morgan fingerprint density at radius 3 is 3.06 bits per heavy atom. The van der Waals surface area contributed by atoms with E-state index in [2.05, 4.69) is 17.4 Å². The van der Waals surface area contributed by atoms with Gasteiger partial charge in [0.2, 0.25) is 0 Å². The molecule has 92 valence electrons. The molecule has 17 heavy (non-hydrogen) atoms. The van der Waals surface area contributed by atoms with Crippen molar-refractivity contribution in [2.24, 2.45) is 0 Å². The van der Waals surface area contributed by atoms with Gasteiger partial charge in [0.25, 0.3) is 0 Å². The number of fused-ring (bicyclic) bond motifs is 1. The second kappa shape index (κ2) is 4.67. The number of aryl methyl sites for hydroxylation is 1. The van der Waals surface area contributed by atoms with Gasteiger partial charge in [0.05, 0.1) is 13.2 Å². The van der Waals surface area contributed by atoms with Crippen LogP contribution in [0.15, 0.2) is 12.1 Å². The zero-order chi connectivity index (χ0) is 11.7. The molecule has 0 aromatic heterocycles. The fraction of sp³-hybridized carbons (Fsp3) is 0.571. The van der Waals surface area contributed by atoms with E-state index >= 15 is 0 Å². The third kappa shape index (κ3) is 2.05. The standard InChI is InChI=1S/C14H19NO2/c16-9-12-8-11(13-4-1-5-15-13)7-10-3-2-6-17-14(10)12/h7-8,13,15-16H,1-6,9H2/t13-/m0/s1. The largest absolute Gasteiger partial charge is 0.493 e. The van der Waals surface area contributed by atoms with E-state index in [9.17, 15) is 5.11 Å². The molecule has 3 rings (SSSR count). The first-order chi connectivity index (χ1) is 8.38. The van der Waals surface area contributed by atoms with Crippen LogP contribution in [-0.4, -0.2) is 18.3 Å². The summed E-state index contributed by atoms with van der Waals surface area (Å²) in [5, 5.41) is 13.0. The van der Waals surface area contributed by atoms with Gasteiger partial charge in [-0.2, -0.15) is 0 Å². The lowest BCUT2D eigenvalue weighted by molar-refractivity contribution is 0.251. The van der Waals surface area contributed by atoms with Crippen molar-refractivity contribution in [1.29, 1.82) is 0 Å². The van der Waals surface area contributed by atoms with Gasteiger partial charge in [-0.15, -0.1) is 0 Å². The molecule has 3 heteroatoms. The van der Waals surface area contributed by atoms with Crippen molar-refractivity contribution in [2.75, 3.05) is 13.2 Å². The van der Waals surface area contributed by atoms with Gasteiger partial charge < -0.3 is 15.2 Å². The summed E-state index contributed by atoms with van der Waals surface area (Å²) in [6.07, 6.45) is 4.60. The molecule has 1 atom stereocenters. The van der Waals surface area contributed by atoms with Crippen LogP contribution in [0.1, 0.15) is 42.0 Å². The summed E-state index contributed by atoms with van der Waals surface area (Å²) in [5.74, 6) is 0.931. The molecule has 1 aromatic carbocycles. The normalized spacial score (nSPS) is 23.2. The summed E-state index contributed by atoms with van der Waals surface area (Å²) in [4.78, 5) is 0. The maximum Gasteiger partial charge on any atom is 0.128 e. The highest BCUT2D eigenvalue weighted by Gasteiger charge is 2.21. The van der Waals surface area contributed by atoms with Gasteiger partial charge in [-0.1, -0.05) is 6.07 Å². The molecule has 2 N–H and O–H groups in total. The molecule has 0 bridgehead atoms. The molecule has 2 aliphatic heterocycles. The number of aliphatic hydroxyl groups is 1. The highest BCUT2D eigenvalue weighted by Crippen LogP contribution is 2.34. The predicted molar refractivity (Wildman–Crippen MR) is 66.2 cm³/mol. The van der Waals surface area contributed by atoms with Crippen LogP contribution in [0.3, 0.4) is 0 Å². The maximum absolute atomic E-state index is 9.46. The van der Waals surface area contributed by atoms with E-state index < -0.39 is 0 Å². The smallest absolute Gasteiger partial charge is 0.128 e. The van der Waals surface area contributed by atoms with Crippen molar-refractivity contribution in [1.82, 2.24) is 5.32 Å². The minimum absolute atomic E-state index is 0.0723. The van der Waals surface area contributed by atoms with Crippen LogP contribution in [0.2, 0.25) is 0 Å². The highest BCUT2D eigenvalue weighted by atomic mass is 16.5. The first-order valence-corrected chi connectivity index (χ1v) is 6.51. The second-order valence-corrected chi connectivity index (χ2v) is 4.93. The molecule has 0 saturated carbocycles. The summed E-state index contributed by atoms with van der Waals surface area (Å²) in [6.45, 7) is 1.95. The Morgan fingerprint density at radius 1 is 1.35 bits per heavy atom. The molecular formula is C14H19NO2. The Balaban J connectivity index is 1.99. The number of benzene rings is 1. The summed E-state index contributed by atoms with van der Waals surface area (Å²) in [5.41, 5.74) is 3.54. The van der Waals surface area contributed by atoms with E-state index in [1.54, 1.807) is 0 Å². The van der Waals surface area contributed by atoms with E-state index in [-0.39, 0.29) is 6.61 Å². The predicted octanol–water partition coefficient (Wildman–Crippen LogP) is 1.93. The second-order valence-electron chi connectivity index (χ2n) is 4.93. The van der Waals surface area contributed by atoms with Gasteiger partial charge in [-0.25, -0.2) is 0 Å². The number of aliphatic hydroxyl groups excluding tert-OH is 1. The molecule has 0 radical (unpaired) electrons. The first kappa shape index (κ1) is 11.1. The molecule has 0 spiro atoms. The zero-order valence-electron chi connectivity index (χ0n) is 10.0. The number of hydrogen-bond acceptors (Lipinski definition) is 3. The van der Waals surface area contributed by atoms with Gasteiger partial charge in [0.1, 0.15) is 5.75 Å². The summed E-state index contributed by atoms with van der Waals surface area (Å²) >= 11 is 0. The Bertz CT molecular complexity index is 394. The van der Waals surface area contributed by atoms with Gasteiger partial charge >= 0.3 is 0 Å². The van der Waals surface area contributed by atoms with Crippen LogP contribution < -0.4 is 10.1 Å². The van der Waals surface area contributed by atoms with Gasteiger partial charge in [-0.3, -0.25) is 0 Å². The number of hydrogen-bond donors (Lipinski definition) is 2. The number of rotatable bonds is 2. The van der Waals surface area contributed by atoms with Crippen molar-refractivity contribution in [2.45, 2.75) is 38.3 Å². The highest BCUT2D eigenvalue weighted by molar-refractivity contribution is 5.46. The molecule has 1 aromatic rings. The van der Waals surface area contributed by atoms with Crippen molar-refractivity contribution in [3.63, 3.8) is 0 Å². The van der Waals surface area contributed by atoms with Crippen LogP contribution in [0.4, 0.5) is 0 Å². The monoisotopic (exact) mass is 233 g/mol. The Labute approximate surface area is 102 Å². The summed E-state index contributed by atoms with van der Waals surface area (Å²) in [6, 6.07) is 4.83. The number of nitrogens with one attached hydrogen (secondary N) is 1. The van der Waals surface area contributed by atoms with Gasteiger partial charge in [0.15, 0.2) is 0 Å². The lowest BCUT2D eigenvalue weighted by atomic mass is 9.95. The minimum atomic E-state index is 0.0723. The average Bonchev–Trinajstić information content (AvgIpc) is 2.91. The van der Waals surface area contributed by atoms with Gasteiger partial charge in [0, 0.05) is 11.6 Å². The summed E-state index contributed by atoms with van der Waals surface area (Å²) < 4.78 is 5.68. The molecule has 0 unspecified atom stereocenters.